The van der Waals surface area contributed by atoms with E-state index in [9.17, 15) is 0 Å². The summed E-state index contributed by atoms with van der Waals surface area (Å²) in [6.45, 7) is 5.19. The summed E-state index contributed by atoms with van der Waals surface area (Å²) < 4.78 is 4.50. The van der Waals surface area contributed by atoms with E-state index in [2.05, 4.69) is 29.2 Å². The summed E-state index contributed by atoms with van der Waals surface area (Å²) in [6, 6.07) is 8.43. The third-order valence-corrected chi connectivity index (χ3v) is 4.31. The molecule has 1 aromatic heterocycles. The Kier molecular flexibility index (Phi) is 3.61. The topological polar surface area (TPSA) is 55.0 Å². The first-order chi connectivity index (χ1) is 9.63. The van der Waals surface area contributed by atoms with E-state index in [1.807, 2.05) is 18.2 Å². The average molecular weight is 288 g/mol. The number of rotatable bonds is 5. The molecule has 0 unspecified atom stereocenters. The minimum atomic E-state index is 0.386. The minimum absolute atomic E-state index is 0.386. The van der Waals surface area contributed by atoms with Crippen molar-refractivity contribution in [3.05, 3.63) is 35.7 Å². The van der Waals surface area contributed by atoms with Crippen molar-refractivity contribution in [1.82, 2.24) is 9.36 Å². The zero-order valence-electron chi connectivity index (χ0n) is 11.9. The largest absolute Gasteiger partial charge is 0.399 e. The Morgan fingerprint density at radius 1 is 1.40 bits per heavy atom. The molecule has 106 valence electrons. The van der Waals surface area contributed by atoms with E-state index in [0.29, 0.717) is 12.0 Å². The summed E-state index contributed by atoms with van der Waals surface area (Å²) in [7, 11) is 0. The van der Waals surface area contributed by atoms with Gasteiger partial charge in [0.15, 0.2) is 0 Å². The fraction of sp³-hybridized carbons (Fsp3) is 0.467. The van der Waals surface area contributed by atoms with E-state index in [4.69, 9.17) is 10.7 Å². The van der Waals surface area contributed by atoms with Crippen LogP contribution in [0.3, 0.4) is 0 Å². The molecule has 0 radical (unpaired) electrons. The maximum Gasteiger partial charge on any atom is 0.205 e. The Morgan fingerprint density at radius 3 is 2.85 bits per heavy atom. The Balaban J connectivity index is 1.80. The molecule has 0 saturated heterocycles. The van der Waals surface area contributed by atoms with E-state index in [1.54, 1.807) is 0 Å². The van der Waals surface area contributed by atoms with Gasteiger partial charge in [-0.1, -0.05) is 12.1 Å². The molecular weight excluding hydrogens is 268 g/mol. The third kappa shape index (κ3) is 2.93. The Hall–Kier alpha value is -1.62. The van der Waals surface area contributed by atoms with Gasteiger partial charge in [0, 0.05) is 35.7 Å². The molecule has 4 nitrogen and oxygen atoms in total. The number of benzene rings is 1. The number of nitrogen functional groups attached to an aromatic ring is 1. The average Bonchev–Trinajstić information content (AvgIpc) is 3.14. The molecule has 2 N–H and O–H groups in total. The van der Waals surface area contributed by atoms with Gasteiger partial charge in [-0.2, -0.15) is 4.37 Å². The van der Waals surface area contributed by atoms with Crippen LogP contribution in [0, 0.1) is 0 Å². The van der Waals surface area contributed by atoms with E-state index in [1.165, 1.54) is 29.9 Å². The minimum Gasteiger partial charge on any atom is -0.399 e. The first-order valence-electron chi connectivity index (χ1n) is 7.08. The van der Waals surface area contributed by atoms with Crippen molar-refractivity contribution >= 4 is 22.4 Å². The number of nitrogens with zero attached hydrogens (tertiary/aromatic N) is 3. The Bertz CT molecular complexity index is 589. The van der Waals surface area contributed by atoms with Crippen LogP contribution in [-0.2, 0) is 6.54 Å². The van der Waals surface area contributed by atoms with Crippen molar-refractivity contribution < 1.29 is 0 Å². The Morgan fingerprint density at radius 2 is 2.20 bits per heavy atom. The van der Waals surface area contributed by atoms with Crippen molar-refractivity contribution in [2.75, 3.05) is 10.6 Å². The molecule has 1 fully saturated rings. The van der Waals surface area contributed by atoms with Crippen LogP contribution >= 0.6 is 11.5 Å². The fourth-order valence-electron chi connectivity index (χ4n) is 2.21. The number of anilines is 2. The lowest BCUT2D eigenvalue weighted by molar-refractivity contribution is 0.678. The van der Waals surface area contributed by atoms with Gasteiger partial charge in [-0.15, -0.1) is 0 Å². The van der Waals surface area contributed by atoms with E-state index in [0.717, 1.165) is 23.2 Å². The van der Waals surface area contributed by atoms with Gasteiger partial charge in [-0.3, -0.25) is 0 Å². The Labute approximate surface area is 123 Å². The van der Waals surface area contributed by atoms with Crippen LogP contribution < -0.4 is 10.6 Å². The summed E-state index contributed by atoms with van der Waals surface area (Å²) in [4.78, 5) is 7.00. The van der Waals surface area contributed by atoms with Crippen LogP contribution in [0.2, 0.25) is 0 Å². The van der Waals surface area contributed by atoms with Crippen LogP contribution in [0.5, 0.6) is 0 Å². The number of hydrogen-bond donors (Lipinski definition) is 1. The molecular formula is C15H20N4S. The summed E-state index contributed by atoms with van der Waals surface area (Å²) >= 11 is 1.51. The van der Waals surface area contributed by atoms with E-state index in [-0.39, 0.29) is 0 Å². The summed E-state index contributed by atoms with van der Waals surface area (Å²) in [6.07, 6.45) is 2.49. The second kappa shape index (κ2) is 5.40. The molecule has 0 spiro atoms. The number of hydrogen-bond acceptors (Lipinski definition) is 5. The maximum atomic E-state index is 5.86. The SMILES string of the molecule is CC(C)N(Cc1cccc(N)c1)c1nc(C2CC2)ns1. The molecule has 1 saturated carbocycles. The molecule has 0 aliphatic heterocycles. The third-order valence-electron chi connectivity index (χ3n) is 3.55. The highest BCUT2D eigenvalue weighted by atomic mass is 32.1. The molecule has 1 aromatic carbocycles. The van der Waals surface area contributed by atoms with Gasteiger partial charge in [0.1, 0.15) is 5.82 Å². The van der Waals surface area contributed by atoms with Gasteiger partial charge in [0.05, 0.1) is 0 Å². The van der Waals surface area contributed by atoms with E-state index < -0.39 is 0 Å². The standard InChI is InChI=1S/C15H20N4S/c1-10(2)19(9-11-4-3-5-13(16)8-11)15-17-14(18-20-15)12-6-7-12/h3-5,8,10,12H,6-7,9,16H2,1-2H3. The summed E-state index contributed by atoms with van der Waals surface area (Å²) in [5.74, 6) is 1.64. The van der Waals surface area contributed by atoms with Crippen LogP contribution in [0.1, 0.15) is 44.0 Å². The molecule has 0 amide bonds. The first kappa shape index (κ1) is 13.4. The predicted octanol–water partition coefficient (Wildman–Crippen LogP) is 3.41. The zero-order chi connectivity index (χ0) is 14.1. The summed E-state index contributed by atoms with van der Waals surface area (Å²) in [5.41, 5.74) is 7.87. The zero-order valence-corrected chi connectivity index (χ0v) is 12.7. The molecule has 1 aliphatic carbocycles. The van der Waals surface area contributed by atoms with Gasteiger partial charge >= 0.3 is 0 Å². The lowest BCUT2D eigenvalue weighted by Crippen LogP contribution is -2.30. The number of aromatic nitrogens is 2. The lowest BCUT2D eigenvalue weighted by atomic mass is 10.2. The van der Waals surface area contributed by atoms with Crippen molar-refractivity contribution in [3.63, 3.8) is 0 Å². The normalized spacial score (nSPS) is 14.8. The fourth-order valence-corrected chi connectivity index (χ4v) is 3.09. The number of nitrogens with two attached hydrogens (primary N) is 1. The highest BCUT2D eigenvalue weighted by Gasteiger charge is 2.29. The lowest BCUT2D eigenvalue weighted by Gasteiger charge is -2.25. The van der Waals surface area contributed by atoms with Gasteiger partial charge in [-0.25, -0.2) is 4.98 Å². The smallest absolute Gasteiger partial charge is 0.205 e. The highest BCUT2D eigenvalue weighted by Crippen LogP contribution is 2.40. The highest BCUT2D eigenvalue weighted by molar-refractivity contribution is 7.09. The first-order valence-corrected chi connectivity index (χ1v) is 7.85. The second-order valence-corrected chi connectivity index (χ2v) is 6.41. The van der Waals surface area contributed by atoms with Crippen molar-refractivity contribution in [2.45, 2.75) is 45.2 Å². The van der Waals surface area contributed by atoms with Crippen LogP contribution in [0.4, 0.5) is 10.8 Å². The van der Waals surface area contributed by atoms with Crippen LogP contribution in [-0.4, -0.2) is 15.4 Å². The van der Waals surface area contributed by atoms with Gasteiger partial charge in [0.25, 0.3) is 0 Å². The van der Waals surface area contributed by atoms with E-state index >= 15 is 0 Å². The van der Waals surface area contributed by atoms with Crippen molar-refractivity contribution in [2.24, 2.45) is 0 Å². The van der Waals surface area contributed by atoms with Crippen LogP contribution in [0.25, 0.3) is 0 Å². The molecule has 2 aromatic rings. The summed E-state index contributed by atoms with van der Waals surface area (Å²) in [5, 5.41) is 1.02. The maximum absolute atomic E-state index is 5.86. The quantitative estimate of drug-likeness (QED) is 0.857. The second-order valence-electron chi connectivity index (χ2n) is 5.68. The molecule has 5 heteroatoms. The monoisotopic (exact) mass is 288 g/mol. The van der Waals surface area contributed by atoms with Crippen molar-refractivity contribution in [3.8, 4) is 0 Å². The van der Waals surface area contributed by atoms with Gasteiger partial charge < -0.3 is 10.6 Å². The molecule has 1 heterocycles. The molecule has 20 heavy (non-hydrogen) atoms. The molecule has 0 atom stereocenters. The van der Waals surface area contributed by atoms with Gasteiger partial charge in [0.2, 0.25) is 5.13 Å². The van der Waals surface area contributed by atoms with Crippen LogP contribution in [0.15, 0.2) is 24.3 Å². The molecule has 0 bridgehead atoms. The predicted molar refractivity (Wildman–Crippen MR) is 84.1 cm³/mol. The molecule has 3 rings (SSSR count). The van der Waals surface area contributed by atoms with Crippen molar-refractivity contribution in [1.29, 1.82) is 0 Å². The van der Waals surface area contributed by atoms with Gasteiger partial charge in [-0.05, 0) is 44.4 Å². The molecule has 1 aliphatic rings.